The van der Waals surface area contributed by atoms with E-state index in [9.17, 15) is 4.79 Å². The third-order valence-corrected chi connectivity index (χ3v) is 5.80. The molecule has 29 heavy (non-hydrogen) atoms. The van der Waals surface area contributed by atoms with Crippen molar-refractivity contribution in [2.75, 3.05) is 26.3 Å². The van der Waals surface area contributed by atoms with Crippen molar-refractivity contribution in [3.05, 3.63) is 40.8 Å². The van der Waals surface area contributed by atoms with E-state index in [1.165, 1.54) is 11.3 Å². The number of benzene rings is 1. The third-order valence-electron chi connectivity index (χ3n) is 5.04. The molecule has 2 heterocycles. The van der Waals surface area contributed by atoms with E-state index in [1.54, 1.807) is 11.1 Å². The molecule has 1 aliphatic rings. The Balaban J connectivity index is 1.32. The van der Waals surface area contributed by atoms with Crippen LogP contribution in [-0.2, 0) is 11.3 Å². The first-order valence-electron chi connectivity index (χ1n) is 10.4. The predicted molar refractivity (Wildman–Crippen MR) is 114 cm³/mol. The number of carbonyl (C=O) groups is 1. The van der Waals surface area contributed by atoms with Gasteiger partial charge in [-0.15, -0.1) is 11.3 Å². The van der Waals surface area contributed by atoms with Crippen molar-refractivity contribution in [1.82, 2.24) is 9.88 Å². The Morgan fingerprint density at radius 1 is 1.21 bits per heavy atom. The van der Waals surface area contributed by atoms with Crippen molar-refractivity contribution in [1.29, 1.82) is 0 Å². The molecule has 2 aromatic rings. The molecular formula is C22H30N2O4S. The summed E-state index contributed by atoms with van der Waals surface area (Å²) in [6, 6.07) is 7.85. The maximum atomic E-state index is 12.2. The highest BCUT2D eigenvalue weighted by atomic mass is 32.1. The lowest BCUT2D eigenvalue weighted by Crippen LogP contribution is -2.39. The molecule has 6 nitrogen and oxygen atoms in total. The van der Waals surface area contributed by atoms with Gasteiger partial charge in [0.15, 0.2) is 0 Å². The van der Waals surface area contributed by atoms with Crippen molar-refractivity contribution >= 4 is 17.4 Å². The molecular weight excluding hydrogens is 388 g/mol. The van der Waals surface area contributed by atoms with E-state index in [4.69, 9.17) is 14.2 Å². The van der Waals surface area contributed by atoms with Crippen molar-refractivity contribution in [2.24, 2.45) is 5.92 Å². The highest BCUT2D eigenvalue weighted by molar-refractivity contribution is 7.09. The SMILES string of the molecule is CCCCOc1cccc(OCCC2CCN(C(=O)OCc3nccs3)CC2)c1. The number of nitrogens with zero attached hydrogens (tertiary/aromatic N) is 2. The smallest absolute Gasteiger partial charge is 0.410 e. The second-order valence-corrected chi connectivity index (χ2v) is 8.20. The van der Waals surface area contributed by atoms with Gasteiger partial charge >= 0.3 is 6.09 Å². The summed E-state index contributed by atoms with van der Waals surface area (Å²) in [4.78, 5) is 18.1. The standard InChI is InChI=1S/C22H30N2O4S/c1-2-3-13-26-19-5-4-6-20(16-19)27-14-9-18-7-11-24(12-8-18)22(25)28-17-21-23-10-15-29-21/h4-6,10,15-16,18H,2-3,7-9,11-14,17H2,1H3. The highest BCUT2D eigenvalue weighted by Crippen LogP contribution is 2.23. The van der Waals surface area contributed by atoms with Gasteiger partial charge in [0, 0.05) is 30.7 Å². The molecule has 1 aromatic carbocycles. The number of carbonyl (C=O) groups excluding carboxylic acids is 1. The predicted octanol–water partition coefficient (Wildman–Crippen LogP) is 5.14. The summed E-state index contributed by atoms with van der Waals surface area (Å²) < 4.78 is 17.0. The number of amides is 1. The monoisotopic (exact) mass is 418 g/mol. The molecule has 0 aliphatic carbocycles. The number of hydrogen-bond acceptors (Lipinski definition) is 6. The summed E-state index contributed by atoms with van der Waals surface area (Å²) in [6.45, 7) is 5.30. The zero-order valence-corrected chi connectivity index (χ0v) is 17.9. The number of piperidine rings is 1. The molecule has 1 amide bonds. The number of likely N-dealkylation sites (tertiary alicyclic amines) is 1. The Morgan fingerprint density at radius 2 is 1.97 bits per heavy atom. The van der Waals surface area contributed by atoms with E-state index >= 15 is 0 Å². The van der Waals surface area contributed by atoms with Gasteiger partial charge in [-0.3, -0.25) is 0 Å². The van der Waals surface area contributed by atoms with E-state index in [1.807, 2.05) is 29.6 Å². The van der Waals surface area contributed by atoms with Gasteiger partial charge in [-0.05, 0) is 43.7 Å². The summed E-state index contributed by atoms with van der Waals surface area (Å²) in [5.41, 5.74) is 0. The quantitative estimate of drug-likeness (QED) is 0.500. The van der Waals surface area contributed by atoms with Crippen LogP contribution in [0.3, 0.4) is 0 Å². The van der Waals surface area contributed by atoms with Gasteiger partial charge in [0.05, 0.1) is 13.2 Å². The minimum atomic E-state index is -0.241. The molecule has 0 saturated carbocycles. The lowest BCUT2D eigenvalue weighted by molar-refractivity contribution is 0.0799. The lowest BCUT2D eigenvalue weighted by atomic mass is 9.94. The van der Waals surface area contributed by atoms with Crippen molar-refractivity contribution < 1.29 is 19.0 Å². The number of ether oxygens (including phenoxy) is 3. The van der Waals surface area contributed by atoms with Crippen LogP contribution in [0.5, 0.6) is 11.5 Å². The maximum Gasteiger partial charge on any atom is 0.410 e. The van der Waals surface area contributed by atoms with Crippen LogP contribution in [0, 0.1) is 5.92 Å². The molecule has 7 heteroatoms. The summed E-state index contributed by atoms with van der Waals surface area (Å²) in [7, 11) is 0. The first-order chi connectivity index (χ1) is 14.2. The van der Waals surface area contributed by atoms with E-state index in [0.29, 0.717) is 12.5 Å². The van der Waals surface area contributed by atoms with Gasteiger partial charge in [-0.2, -0.15) is 0 Å². The molecule has 1 aromatic heterocycles. The average molecular weight is 419 g/mol. The van der Waals surface area contributed by atoms with E-state index in [0.717, 1.165) is 68.3 Å². The van der Waals surface area contributed by atoms with Crippen LogP contribution in [-0.4, -0.2) is 42.3 Å². The fourth-order valence-electron chi connectivity index (χ4n) is 3.27. The number of thiazole rings is 1. The fraction of sp³-hybridized carbons (Fsp3) is 0.545. The van der Waals surface area contributed by atoms with Gasteiger partial charge in [0.25, 0.3) is 0 Å². The molecule has 158 valence electrons. The molecule has 0 bridgehead atoms. The second-order valence-electron chi connectivity index (χ2n) is 7.22. The summed E-state index contributed by atoms with van der Waals surface area (Å²) in [5.74, 6) is 2.28. The zero-order chi connectivity index (χ0) is 20.3. The molecule has 0 spiro atoms. The summed E-state index contributed by atoms with van der Waals surface area (Å²) in [6.07, 6.45) is 6.61. The Kier molecular flexibility index (Phi) is 8.61. The zero-order valence-electron chi connectivity index (χ0n) is 17.0. The molecule has 1 saturated heterocycles. The summed E-state index contributed by atoms with van der Waals surface area (Å²) >= 11 is 1.50. The molecule has 0 unspecified atom stereocenters. The topological polar surface area (TPSA) is 60.9 Å². The average Bonchev–Trinajstić information content (AvgIpc) is 3.27. The Bertz CT molecular complexity index is 730. The molecule has 1 fully saturated rings. The molecule has 0 atom stereocenters. The van der Waals surface area contributed by atoms with Crippen LogP contribution in [0.4, 0.5) is 4.79 Å². The van der Waals surface area contributed by atoms with Gasteiger partial charge < -0.3 is 19.1 Å². The van der Waals surface area contributed by atoms with Crippen molar-refractivity contribution in [3.63, 3.8) is 0 Å². The number of aromatic nitrogens is 1. The Hall–Kier alpha value is -2.28. The third kappa shape index (κ3) is 7.24. The Morgan fingerprint density at radius 3 is 2.66 bits per heavy atom. The molecule has 1 aliphatic heterocycles. The highest BCUT2D eigenvalue weighted by Gasteiger charge is 2.23. The van der Waals surface area contributed by atoms with Crippen LogP contribution < -0.4 is 9.47 Å². The van der Waals surface area contributed by atoms with Gasteiger partial charge in [0.2, 0.25) is 0 Å². The first kappa shape index (κ1) is 21.4. The van der Waals surface area contributed by atoms with Crippen LogP contribution in [0.15, 0.2) is 35.8 Å². The van der Waals surface area contributed by atoms with E-state index in [2.05, 4.69) is 11.9 Å². The minimum absolute atomic E-state index is 0.241. The summed E-state index contributed by atoms with van der Waals surface area (Å²) in [5, 5.41) is 2.71. The molecule has 0 N–H and O–H groups in total. The van der Waals surface area contributed by atoms with Crippen LogP contribution >= 0.6 is 11.3 Å². The van der Waals surface area contributed by atoms with E-state index < -0.39 is 0 Å². The second kappa shape index (κ2) is 11.7. The minimum Gasteiger partial charge on any atom is -0.493 e. The van der Waals surface area contributed by atoms with Crippen LogP contribution in [0.25, 0.3) is 0 Å². The van der Waals surface area contributed by atoms with Crippen LogP contribution in [0.1, 0.15) is 44.0 Å². The molecule has 0 radical (unpaired) electrons. The maximum absolute atomic E-state index is 12.2. The number of rotatable bonds is 10. The van der Waals surface area contributed by atoms with Crippen molar-refractivity contribution in [3.8, 4) is 11.5 Å². The molecule has 3 rings (SSSR count). The normalized spacial score (nSPS) is 14.6. The van der Waals surface area contributed by atoms with E-state index in [-0.39, 0.29) is 12.7 Å². The van der Waals surface area contributed by atoms with Gasteiger partial charge in [-0.1, -0.05) is 19.4 Å². The lowest BCUT2D eigenvalue weighted by Gasteiger charge is -2.31. The Labute approximate surface area is 176 Å². The number of hydrogen-bond donors (Lipinski definition) is 0. The van der Waals surface area contributed by atoms with Gasteiger partial charge in [-0.25, -0.2) is 9.78 Å². The van der Waals surface area contributed by atoms with Crippen LogP contribution in [0.2, 0.25) is 0 Å². The largest absolute Gasteiger partial charge is 0.493 e. The first-order valence-corrected chi connectivity index (χ1v) is 11.3. The van der Waals surface area contributed by atoms with Crippen molar-refractivity contribution in [2.45, 2.75) is 45.6 Å². The number of unbranched alkanes of at least 4 members (excludes halogenated alkanes) is 1. The van der Waals surface area contributed by atoms with Gasteiger partial charge in [0.1, 0.15) is 23.1 Å². The fourth-order valence-corrected chi connectivity index (χ4v) is 3.80.